The van der Waals surface area contributed by atoms with E-state index < -0.39 is 0 Å². The number of nitrogens with two attached hydrogens (primary N) is 1. The molecule has 0 atom stereocenters. The van der Waals surface area contributed by atoms with Crippen LogP contribution < -0.4 is 5.73 Å². The molecule has 0 radical (unpaired) electrons. The van der Waals surface area contributed by atoms with E-state index in [1.807, 2.05) is 55.5 Å². The Bertz CT molecular complexity index is 737. The molecule has 0 bridgehead atoms. The van der Waals surface area contributed by atoms with Gasteiger partial charge in [0.05, 0.1) is 5.75 Å². The minimum atomic E-state index is 0.562. The minimum Gasteiger partial charge on any atom is -0.420 e. The van der Waals surface area contributed by atoms with Crippen LogP contribution in [0.25, 0.3) is 11.5 Å². The highest BCUT2D eigenvalue weighted by molar-refractivity contribution is 7.98. The van der Waals surface area contributed by atoms with Crippen molar-refractivity contribution in [3.8, 4) is 11.5 Å². The molecule has 3 rings (SSSR count). The van der Waals surface area contributed by atoms with Crippen molar-refractivity contribution in [2.75, 3.05) is 5.73 Å². The molecule has 1 aromatic heterocycles. The topological polar surface area (TPSA) is 64.9 Å². The Labute approximate surface area is 127 Å². The van der Waals surface area contributed by atoms with E-state index in [0.29, 0.717) is 17.5 Å². The molecule has 106 valence electrons. The van der Waals surface area contributed by atoms with Crippen molar-refractivity contribution in [2.45, 2.75) is 17.6 Å². The van der Waals surface area contributed by atoms with E-state index in [9.17, 15) is 0 Å². The van der Waals surface area contributed by atoms with Gasteiger partial charge < -0.3 is 10.2 Å². The van der Waals surface area contributed by atoms with Crippen LogP contribution in [0.5, 0.6) is 0 Å². The summed E-state index contributed by atoms with van der Waals surface area (Å²) in [6.07, 6.45) is 0. The zero-order valence-electron chi connectivity index (χ0n) is 11.6. The summed E-state index contributed by atoms with van der Waals surface area (Å²) in [4.78, 5) is 1.12. The average Bonchev–Trinajstić information content (AvgIpc) is 2.96. The molecule has 0 aliphatic heterocycles. The van der Waals surface area contributed by atoms with Gasteiger partial charge in [-0.05, 0) is 43.3 Å². The third-order valence-electron chi connectivity index (χ3n) is 2.97. The highest BCUT2D eigenvalue weighted by Crippen LogP contribution is 2.25. The molecule has 0 amide bonds. The number of hydrogen-bond donors (Lipinski definition) is 1. The second kappa shape index (κ2) is 6.01. The minimum absolute atomic E-state index is 0.562. The number of aromatic nitrogens is 2. The lowest BCUT2D eigenvalue weighted by Gasteiger charge is -1.99. The Hall–Kier alpha value is -2.27. The van der Waals surface area contributed by atoms with Gasteiger partial charge in [-0.3, -0.25) is 0 Å². The first kappa shape index (κ1) is 13.7. The molecule has 0 saturated carbocycles. The Kier molecular flexibility index (Phi) is 3.92. The number of rotatable bonds is 4. The fourth-order valence-electron chi connectivity index (χ4n) is 1.92. The third kappa shape index (κ3) is 3.44. The molecular weight excluding hydrogens is 282 g/mol. The Morgan fingerprint density at radius 2 is 1.90 bits per heavy atom. The summed E-state index contributed by atoms with van der Waals surface area (Å²) in [5.41, 5.74) is 8.55. The van der Waals surface area contributed by atoms with E-state index in [0.717, 1.165) is 16.1 Å². The van der Waals surface area contributed by atoms with E-state index in [1.54, 1.807) is 11.8 Å². The Morgan fingerprint density at radius 1 is 1.10 bits per heavy atom. The number of anilines is 1. The van der Waals surface area contributed by atoms with Gasteiger partial charge in [-0.1, -0.05) is 17.7 Å². The first-order chi connectivity index (χ1) is 10.2. The molecule has 0 aliphatic carbocycles. The van der Waals surface area contributed by atoms with Crippen LogP contribution in [0.3, 0.4) is 0 Å². The fourth-order valence-corrected chi connectivity index (χ4v) is 2.65. The maximum absolute atomic E-state index is 5.70. The monoisotopic (exact) mass is 297 g/mol. The van der Waals surface area contributed by atoms with Gasteiger partial charge in [0, 0.05) is 16.1 Å². The molecule has 5 heteroatoms. The molecule has 2 aromatic carbocycles. The number of benzene rings is 2. The van der Waals surface area contributed by atoms with Gasteiger partial charge in [-0.25, -0.2) is 0 Å². The lowest BCUT2D eigenvalue weighted by atomic mass is 10.1. The summed E-state index contributed by atoms with van der Waals surface area (Å²) in [7, 11) is 0. The van der Waals surface area contributed by atoms with Gasteiger partial charge >= 0.3 is 0 Å². The summed E-state index contributed by atoms with van der Waals surface area (Å²) in [6.45, 7) is 2.04. The normalized spacial score (nSPS) is 10.7. The van der Waals surface area contributed by atoms with Crippen LogP contribution in [-0.2, 0) is 5.75 Å². The quantitative estimate of drug-likeness (QED) is 0.584. The SMILES string of the molecule is Cc1cccc(-c2nnc(CSc3ccc(N)cc3)o2)c1. The average molecular weight is 297 g/mol. The van der Waals surface area contributed by atoms with Gasteiger partial charge in [0.1, 0.15) is 0 Å². The van der Waals surface area contributed by atoms with Crippen LogP contribution in [0.4, 0.5) is 5.69 Å². The molecule has 21 heavy (non-hydrogen) atoms. The van der Waals surface area contributed by atoms with E-state index in [4.69, 9.17) is 10.2 Å². The van der Waals surface area contributed by atoms with Crippen LogP contribution >= 0.6 is 11.8 Å². The molecule has 0 saturated heterocycles. The lowest BCUT2D eigenvalue weighted by Crippen LogP contribution is -1.84. The van der Waals surface area contributed by atoms with Gasteiger partial charge in [0.15, 0.2) is 0 Å². The predicted octanol–water partition coefficient (Wildman–Crippen LogP) is 3.92. The zero-order chi connectivity index (χ0) is 14.7. The standard InChI is InChI=1S/C16H15N3OS/c1-11-3-2-4-12(9-11)16-19-18-15(20-16)10-21-14-7-5-13(17)6-8-14/h2-9H,10,17H2,1H3. The predicted molar refractivity (Wildman–Crippen MR) is 84.9 cm³/mol. The summed E-state index contributed by atoms with van der Waals surface area (Å²) in [6, 6.07) is 15.8. The molecule has 2 N–H and O–H groups in total. The molecule has 0 aliphatic rings. The first-order valence-corrected chi connectivity index (χ1v) is 7.57. The molecular formula is C16H15N3OS. The molecule has 0 spiro atoms. The maximum Gasteiger partial charge on any atom is 0.247 e. The van der Waals surface area contributed by atoms with Crippen molar-refractivity contribution < 1.29 is 4.42 Å². The number of nitrogen functional groups attached to an aromatic ring is 1. The Balaban J connectivity index is 1.69. The van der Waals surface area contributed by atoms with Gasteiger partial charge in [0.25, 0.3) is 0 Å². The number of nitrogens with zero attached hydrogens (tertiary/aromatic N) is 2. The van der Waals surface area contributed by atoms with E-state index >= 15 is 0 Å². The molecule has 3 aromatic rings. The highest BCUT2D eigenvalue weighted by atomic mass is 32.2. The van der Waals surface area contributed by atoms with E-state index in [-0.39, 0.29) is 0 Å². The van der Waals surface area contributed by atoms with Gasteiger partial charge in [-0.2, -0.15) is 0 Å². The second-order valence-corrected chi connectivity index (χ2v) is 5.78. The zero-order valence-corrected chi connectivity index (χ0v) is 12.4. The number of hydrogen-bond acceptors (Lipinski definition) is 5. The lowest BCUT2D eigenvalue weighted by molar-refractivity contribution is 0.528. The van der Waals surface area contributed by atoms with E-state index in [1.165, 1.54) is 5.56 Å². The molecule has 1 heterocycles. The third-order valence-corrected chi connectivity index (χ3v) is 3.97. The van der Waals surface area contributed by atoms with Crippen molar-refractivity contribution in [3.63, 3.8) is 0 Å². The fraction of sp³-hybridized carbons (Fsp3) is 0.125. The summed E-state index contributed by atoms with van der Waals surface area (Å²) >= 11 is 1.64. The van der Waals surface area contributed by atoms with E-state index in [2.05, 4.69) is 10.2 Å². The number of aryl methyl sites for hydroxylation is 1. The molecule has 4 nitrogen and oxygen atoms in total. The Morgan fingerprint density at radius 3 is 2.67 bits per heavy atom. The summed E-state index contributed by atoms with van der Waals surface area (Å²) in [5, 5.41) is 8.20. The van der Waals surface area contributed by atoms with Crippen molar-refractivity contribution in [2.24, 2.45) is 0 Å². The van der Waals surface area contributed by atoms with Crippen molar-refractivity contribution in [1.82, 2.24) is 10.2 Å². The van der Waals surface area contributed by atoms with Crippen LogP contribution in [0.2, 0.25) is 0 Å². The van der Waals surface area contributed by atoms with Crippen LogP contribution in [0.15, 0.2) is 57.8 Å². The summed E-state index contributed by atoms with van der Waals surface area (Å²) in [5.74, 6) is 1.82. The van der Waals surface area contributed by atoms with Crippen molar-refractivity contribution in [3.05, 3.63) is 60.0 Å². The highest BCUT2D eigenvalue weighted by Gasteiger charge is 2.09. The smallest absolute Gasteiger partial charge is 0.247 e. The maximum atomic E-state index is 5.70. The summed E-state index contributed by atoms with van der Waals surface area (Å²) < 4.78 is 5.70. The molecule has 0 unspecified atom stereocenters. The first-order valence-electron chi connectivity index (χ1n) is 6.58. The van der Waals surface area contributed by atoms with Gasteiger partial charge in [-0.15, -0.1) is 22.0 Å². The second-order valence-electron chi connectivity index (χ2n) is 4.73. The molecule has 0 fully saturated rings. The van der Waals surface area contributed by atoms with Crippen molar-refractivity contribution >= 4 is 17.4 Å². The van der Waals surface area contributed by atoms with Crippen LogP contribution in [-0.4, -0.2) is 10.2 Å². The number of thioether (sulfide) groups is 1. The van der Waals surface area contributed by atoms with Crippen LogP contribution in [0, 0.1) is 6.92 Å². The van der Waals surface area contributed by atoms with Crippen LogP contribution in [0.1, 0.15) is 11.5 Å². The largest absolute Gasteiger partial charge is 0.420 e. The van der Waals surface area contributed by atoms with Crippen molar-refractivity contribution in [1.29, 1.82) is 0 Å². The van der Waals surface area contributed by atoms with Gasteiger partial charge in [0.2, 0.25) is 11.8 Å².